The van der Waals surface area contributed by atoms with Gasteiger partial charge >= 0.3 is 5.97 Å². The Morgan fingerprint density at radius 3 is 2.64 bits per heavy atom. The van der Waals surface area contributed by atoms with Gasteiger partial charge < -0.3 is 13.9 Å². The fraction of sp³-hybridized carbons (Fsp3) is 0.206. The van der Waals surface area contributed by atoms with Crippen molar-refractivity contribution in [2.45, 2.75) is 33.7 Å². The highest BCUT2D eigenvalue weighted by Crippen LogP contribution is 2.40. The summed E-state index contributed by atoms with van der Waals surface area (Å²) in [5.74, 6) is 0.768. The molecule has 0 saturated heterocycles. The molecular formula is C34H29N3O7S. The number of furan rings is 1. The Hall–Kier alpha value is -5.29. The zero-order valence-corrected chi connectivity index (χ0v) is 26.1. The molecule has 0 N–H and O–H groups in total. The molecule has 0 spiro atoms. The van der Waals surface area contributed by atoms with E-state index in [0.29, 0.717) is 49.0 Å². The number of hydrogen-bond acceptors (Lipinski definition) is 9. The molecule has 6 rings (SSSR count). The smallest absolute Gasteiger partial charge is 0.338 e. The number of carbonyl (C=O) groups is 1. The second-order valence-electron chi connectivity index (χ2n) is 10.6. The van der Waals surface area contributed by atoms with Gasteiger partial charge in [0.15, 0.2) is 4.80 Å². The first kappa shape index (κ1) is 29.8. The van der Waals surface area contributed by atoms with Crippen LogP contribution in [0.5, 0.6) is 5.75 Å². The first-order valence-electron chi connectivity index (χ1n) is 14.2. The van der Waals surface area contributed by atoms with Crippen molar-refractivity contribution in [2.24, 2.45) is 4.99 Å². The summed E-state index contributed by atoms with van der Waals surface area (Å²) in [7, 11) is 1.55. The van der Waals surface area contributed by atoms with Crippen LogP contribution in [0.25, 0.3) is 28.2 Å². The maximum Gasteiger partial charge on any atom is 0.338 e. The van der Waals surface area contributed by atoms with E-state index < -0.39 is 16.9 Å². The molecule has 2 aromatic heterocycles. The molecule has 5 aromatic rings. The van der Waals surface area contributed by atoms with E-state index in [9.17, 15) is 19.7 Å². The average Bonchev–Trinajstić information content (AvgIpc) is 3.61. The number of nitro benzene ring substituents is 1. The lowest BCUT2D eigenvalue weighted by molar-refractivity contribution is -0.385. The number of benzene rings is 3. The third kappa shape index (κ3) is 5.14. The van der Waals surface area contributed by atoms with E-state index >= 15 is 0 Å². The summed E-state index contributed by atoms with van der Waals surface area (Å²) in [6, 6.07) is 17.3. The lowest BCUT2D eigenvalue weighted by Crippen LogP contribution is -2.40. The molecule has 3 heterocycles. The minimum atomic E-state index is -0.869. The van der Waals surface area contributed by atoms with E-state index in [-0.39, 0.29) is 23.4 Å². The zero-order valence-electron chi connectivity index (χ0n) is 25.2. The Morgan fingerprint density at radius 2 is 1.91 bits per heavy atom. The molecule has 0 bridgehead atoms. The minimum Gasteiger partial charge on any atom is -0.496 e. The summed E-state index contributed by atoms with van der Waals surface area (Å²) in [5.41, 5.74) is 2.90. The van der Waals surface area contributed by atoms with Gasteiger partial charge in [0, 0.05) is 28.8 Å². The number of hydrogen-bond donors (Lipinski definition) is 0. The fourth-order valence-corrected chi connectivity index (χ4v) is 6.71. The number of fused-ring (bicyclic) bond motifs is 2. The van der Waals surface area contributed by atoms with Crippen LogP contribution in [0.4, 0.5) is 5.69 Å². The summed E-state index contributed by atoms with van der Waals surface area (Å²) < 4.78 is 19.1. The molecule has 3 aromatic carbocycles. The van der Waals surface area contributed by atoms with Gasteiger partial charge in [0.25, 0.3) is 11.2 Å². The van der Waals surface area contributed by atoms with Crippen molar-refractivity contribution in [3.63, 3.8) is 0 Å². The van der Waals surface area contributed by atoms with Gasteiger partial charge in [-0.15, -0.1) is 0 Å². The molecule has 10 nitrogen and oxygen atoms in total. The summed E-state index contributed by atoms with van der Waals surface area (Å²) in [6.07, 6.45) is 1.61. The number of aromatic nitrogens is 1. The number of aryl methyl sites for hydroxylation is 1. The molecule has 228 valence electrons. The maximum absolute atomic E-state index is 14.2. The van der Waals surface area contributed by atoms with E-state index in [2.05, 4.69) is 4.99 Å². The normalized spacial score (nSPS) is 14.8. The van der Waals surface area contributed by atoms with Crippen molar-refractivity contribution in [1.82, 2.24) is 4.57 Å². The van der Waals surface area contributed by atoms with Crippen LogP contribution in [0.3, 0.4) is 0 Å². The minimum absolute atomic E-state index is 0.00731. The van der Waals surface area contributed by atoms with Gasteiger partial charge in [0.2, 0.25) is 0 Å². The molecule has 45 heavy (non-hydrogen) atoms. The number of allylic oxidation sites excluding steroid dienone is 1. The molecule has 0 aliphatic carbocycles. The van der Waals surface area contributed by atoms with Crippen molar-refractivity contribution < 1.29 is 23.6 Å². The summed E-state index contributed by atoms with van der Waals surface area (Å²) in [4.78, 5) is 43.9. The van der Waals surface area contributed by atoms with Gasteiger partial charge in [0.1, 0.15) is 23.3 Å². The molecular weight excluding hydrogens is 594 g/mol. The van der Waals surface area contributed by atoms with Crippen LogP contribution >= 0.6 is 11.3 Å². The number of nitro groups is 1. The van der Waals surface area contributed by atoms with Gasteiger partial charge in [-0.3, -0.25) is 19.5 Å². The van der Waals surface area contributed by atoms with Gasteiger partial charge in [-0.05, 0) is 68.3 Å². The summed E-state index contributed by atoms with van der Waals surface area (Å²) >= 11 is 1.17. The largest absolute Gasteiger partial charge is 0.496 e. The number of carbonyl (C=O) groups excluding carboxylic acids is 1. The van der Waals surface area contributed by atoms with Crippen molar-refractivity contribution >= 4 is 39.8 Å². The molecule has 0 saturated carbocycles. The average molecular weight is 624 g/mol. The first-order chi connectivity index (χ1) is 21.6. The molecule has 11 heteroatoms. The number of methoxy groups -OCH3 is 1. The number of esters is 1. The summed E-state index contributed by atoms with van der Waals surface area (Å²) in [6.45, 7) is 7.13. The van der Waals surface area contributed by atoms with Crippen LogP contribution in [-0.4, -0.2) is 29.2 Å². The number of thiazole rings is 1. The number of ether oxygens (including phenoxy) is 2. The standard InChI is InChI=1S/C34H29N3O7S/c1-6-43-33(39)29-20(4)35-34-36(31(29)30-24-10-8-7-9-21(24)11-13-27(30)42-5)32(38)28(45-34)17-23-12-14-26(44-23)22-15-18(2)19(3)25(16-22)37(40)41/h7-17,31H,6H2,1-5H3/b28-17-. The number of rotatable bonds is 7. The first-order valence-corrected chi connectivity index (χ1v) is 15.1. The predicted octanol–water partition coefficient (Wildman–Crippen LogP) is 5.75. The van der Waals surface area contributed by atoms with Crippen molar-refractivity contribution in [3.8, 4) is 17.1 Å². The van der Waals surface area contributed by atoms with Crippen LogP contribution < -0.4 is 19.6 Å². The molecule has 1 aliphatic heterocycles. The topological polar surface area (TPSA) is 126 Å². The molecule has 0 amide bonds. The van der Waals surface area contributed by atoms with Crippen molar-refractivity contribution in [2.75, 3.05) is 13.7 Å². The monoisotopic (exact) mass is 623 g/mol. The molecule has 1 aliphatic rings. The van der Waals surface area contributed by atoms with E-state index in [1.165, 1.54) is 22.0 Å². The predicted molar refractivity (Wildman–Crippen MR) is 171 cm³/mol. The van der Waals surface area contributed by atoms with Gasteiger partial charge in [0.05, 0.1) is 34.4 Å². The van der Waals surface area contributed by atoms with Crippen LogP contribution in [0, 0.1) is 24.0 Å². The lowest BCUT2D eigenvalue weighted by Gasteiger charge is -2.27. The number of nitrogens with zero attached hydrogens (tertiary/aromatic N) is 3. The molecule has 0 radical (unpaired) electrons. The van der Waals surface area contributed by atoms with E-state index in [4.69, 9.17) is 13.9 Å². The molecule has 0 fully saturated rings. The second-order valence-corrected chi connectivity index (χ2v) is 11.6. The third-order valence-corrected chi connectivity index (χ3v) is 8.95. The Bertz CT molecular complexity index is 2240. The van der Waals surface area contributed by atoms with Crippen molar-refractivity contribution in [3.05, 3.63) is 124 Å². The van der Waals surface area contributed by atoms with E-state index in [0.717, 1.165) is 16.3 Å². The summed E-state index contributed by atoms with van der Waals surface area (Å²) in [5, 5.41) is 13.3. The van der Waals surface area contributed by atoms with Gasteiger partial charge in [-0.2, -0.15) is 0 Å². The van der Waals surface area contributed by atoms with Crippen LogP contribution in [0.1, 0.15) is 42.3 Å². The van der Waals surface area contributed by atoms with Crippen LogP contribution in [0.2, 0.25) is 0 Å². The Morgan fingerprint density at radius 1 is 1.13 bits per heavy atom. The van der Waals surface area contributed by atoms with Crippen LogP contribution in [-0.2, 0) is 9.53 Å². The maximum atomic E-state index is 14.2. The second kappa shape index (κ2) is 11.7. The van der Waals surface area contributed by atoms with E-state index in [1.54, 1.807) is 46.1 Å². The third-order valence-electron chi connectivity index (χ3n) is 7.96. The van der Waals surface area contributed by atoms with Gasteiger partial charge in [-0.25, -0.2) is 9.79 Å². The van der Waals surface area contributed by atoms with Crippen molar-refractivity contribution in [1.29, 1.82) is 0 Å². The highest BCUT2D eigenvalue weighted by molar-refractivity contribution is 7.07. The van der Waals surface area contributed by atoms with Crippen LogP contribution in [0.15, 0.2) is 86.1 Å². The quantitative estimate of drug-likeness (QED) is 0.128. The fourth-order valence-electron chi connectivity index (χ4n) is 5.69. The lowest BCUT2D eigenvalue weighted by atomic mass is 9.90. The molecule has 1 atom stereocenters. The van der Waals surface area contributed by atoms with E-state index in [1.807, 2.05) is 49.4 Å². The Kier molecular flexibility index (Phi) is 7.71. The highest BCUT2D eigenvalue weighted by atomic mass is 32.1. The highest BCUT2D eigenvalue weighted by Gasteiger charge is 2.36. The SMILES string of the molecule is CCOC(=O)C1=C(C)N=c2s/c(=C\c3ccc(-c4cc(C)c(C)c([N+](=O)[O-])c4)o3)c(=O)n2C1c1c(OC)ccc2ccccc12. The molecule has 1 unspecified atom stereocenters. The van der Waals surface area contributed by atoms with Gasteiger partial charge in [-0.1, -0.05) is 41.7 Å². The Labute approximate surface area is 261 Å². The Balaban J connectivity index is 1.54. The zero-order chi connectivity index (χ0) is 32.0.